The van der Waals surface area contributed by atoms with Gasteiger partial charge < -0.3 is 0 Å². The highest BCUT2D eigenvalue weighted by atomic mass is 79.9. The highest BCUT2D eigenvalue weighted by Gasteiger charge is 2.17. The lowest BCUT2D eigenvalue weighted by Crippen LogP contribution is -2.27. The Morgan fingerprint density at radius 1 is 1.28 bits per heavy atom. The van der Waals surface area contributed by atoms with E-state index in [0.717, 1.165) is 4.47 Å². The molecule has 92 valence electrons. The van der Waals surface area contributed by atoms with Gasteiger partial charge in [0.15, 0.2) is 0 Å². The number of hydrogen-bond donors (Lipinski definition) is 0. The molecular formula is C13H10BrFN2O. The van der Waals surface area contributed by atoms with E-state index in [1.165, 1.54) is 17.0 Å². The Bertz CT molecular complexity index is 571. The first-order chi connectivity index (χ1) is 8.59. The van der Waals surface area contributed by atoms with Crippen LogP contribution in [-0.2, 0) is 0 Å². The van der Waals surface area contributed by atoms with Crippen molar-refractivity contribution < 1.29 is 9.18 Å². The number of amides is 1. The van der Waals surface area contributed by atoms with Crippen LogP contribution in [0.15, 0.2) is 47.1 Å². The lowest BCUT2D eigenvalue weighted by molar-refractivity contribution is 0.0988. The Morgan fingerprint density at radius 3 is 2.61 bits per heavy atom. The van der Waals surface area contributed by atoms with Crippen molar-refractivity contribution in [3.05, 3.63) is 58.4 Å². The van der Waals surface area contributed by atoms with Crippen LogP contribution in [0.3, 0.4) is 0 Å². The van der Waals surface area contributed by atoms with Gasteiger partial charge in [-0.15, -0.1) is 0 Å². The van der Waals surface area contributed by atoms with E-state index in [4.69, 9.17) is 0 Å². The lowest BCUT2D eigenvalue weighted by Gasteiger charge is -2.16. The maximum absolute atomic E-state index is 13.5. The summed E-state index contributed by atoms with van der Waals surface area (Å²) in [7, 11) is 1.56. The van der Waals surface area contributed by atoms with Gasteiger partial charge in [-0.2, -0.15) is 0 Å². The zero-order valence-corrected chi connectivity index (χ0v) is 11.2. The molecule has 0 radical (unpaired) electrons. The number of carbonyl (C=O) groups excluding carboxylic acids is 1. The van der Waals surface area contributed by atoms with E-state index in [-0.39, 0.29) is 5.56 Å². The van der Waals surface area contributed by atoms with Crippen molar-refractivity contribution >= 4 is 27.7 Å². The molecule has 0 atom stereocenters. The average Bonchev–Trinajstić information content (AvgIpc) is 2.38. The molecule has 0 aliphatic rings. The predicted octanol–water partition coefficient (Wildman–Crippen LogP) is 3.26. The minimum absolute atomic E-state index is 0.0321. The first-order valence-corrected chi connectivity index (χ1v) is 6.03. The van der Waals surface area contributed by atoms with Crippen LogP contribution in [0.5, 0.6) is 0 Å². The molecule has 0 bridgehead atoms. The van der Waals surface area contributed by atoms with Crippen LogP contribution >= 0.6 is 15.9 Å². The van der Waals surface area contributed by atoms with Gasteiger partial charge in [0.2, 0.25) is 0 Å². The summed E-state index contributed by atoms with van der Waals surface area (Å²) in [5.74, 6) is -0.499. The molecule has 0 unspecified atom stereocenters. The number of pyridine rings is 1. The molecule has 0 N–H and O–H groups in total. The number of carbonyl (C=O) groups is 1. The first-order valence-electron chi connectivity index (χ1n) is 5.24. The van der Waals surface area contributed by atoms with Gasteiger partial charge in [0.25, 0.3) is 5.91 Å². The molecule has 1 aromatic heterocycles. The molecule has 0 fully saturated rings. The maximum Gasteiger partial charge on any atom is 0.262 e. The third-order valence-corrected chi connectivity index (χ3v) is 2.93. The second-order valence-corrected chi connectivity index (χ2v) is 4.59. The molecule has 0 saturated heterocycles. The fourth-order valence-corrected chi connectivity index (χ4v) is 1.72. The van der Waals surface area contributed by atoms with Gasteiger partial charge >= 0.3 is 0 Å². The Hall–Kier alpha value is -1.75. The number of benzene rings is 1. The smallest absolute Gasteiger partial charge is 0.262 e. The van der Waals surface area contributed by atoms with Crippen molar-refractivity contribution in [3.8, 4) is 0 Å². The molecule has 1 amide bonds. The highest BCUT2D eigenvalue weighted by Crippen LogP contribution is 2.17. The van der Waals surface area contributed by atoms with Crippen LogP contribution in [0.25, 0.3) is 0 Å². The van der Waals surface area contributed by atoms with Gasteiger partial charge in [-0.1, -0.05) is 12.1 Å². The van der Waals surface area contributed by atoms with Crippen molar-refractivity contribution in [1.29, 1.82) is 0 Å². The number of rotatable bonds is 2. The Balaban J connectivity index is 2.29. The van der Waals surface area contributed by atoms with Crippen molar-refractivity contribution in [3.63, 3.8) is 0 Å². The lowest BCUT2D eigenvalue weighted by atomic mass is 10.2. The zero-order chi connectivity index (χ0) is 13.1. The maximum atomic E-state index is 13.5. The van der Waals surface area contributed by atoms with E-state index < -0.39 is 11.7 Å². The summed E-state index contributed by atoms with van der Waals surface area (Å²) in [5, 5.41) is 0. The molecule has 3 nitrogen and oxygen atoms in total. The van der Waals surface area contributed by atoms with Crippen molar-refractivity contribution in [2.45, 2.75) is 0 Å². The molecule has 0 aliphatic carbocycles. The molecule has 2 aromatic rings. The summed E-state index contributed by atoms with van der Waals surface area (Å²) in [6, 6.07) is 9.34. The van der Waals surface area contributed by atoms with Gasteiger partial charge in [0.05, 0.1) is 5.56 Å². The number of hydrogen-bond acceptors (Lipinski definition) is 2. The zero-order valence-electron chi connectivity index (χ0n) is 9.60. The minimum atomic E-state index is -0.536. The standard InChI is InChI=1S/C13H10BrFN2O/c1-17(12-7-6-9(14)8-16-12)13(18)10-4-2-3-5-11(10)15/h2-8H,1H3. The molecule has 0 aliphatic heterocycles. The van der Waals surface area contributed by atoms with Crippen LogP contribution in [0.1, 0.15) is 10.4 Å². The summed E-state index contributed by atoms with van der Waals surface area (Å²) >= 11 is 3.26. The van der Waals surface area contributed by atoms with E-state index in [1.807, 2.05) is 0 Å². The monoisotopic (exact) mass is 308 g/mol. The molecule has 0 spiro atoms. The molecule has 18 heavy (non-hydrogen) atoms. The van der Waals surface area contributed by atoms with Crippen molar-refractivity contribution in [2.24, 2.45) is 0 Å². The number of nitrogens with zero attached hydrogens (tertiary/aromatic N) is 2. The van der Waals surface area contributed by atoms with Crippen LogP contribution in [0.2, 0.25) is 0 Å². The summed E-state index contributed by atoms with van der Waals surface area (Å²) in [6.07, 6.45) is 1.58. The van der Waals surface area contributed by atoms with Crippen LogP contribution < -0.4 is 4.90 Å². The van der Waals surface area contributed by atoms with Crippen LogP contribution in [0.4, 0.5) is 10.2 Å². The number of halogens is 2. The van der Waals surface area contributed by atoms with E-state index in [1.54, 1.807) is 37.5 Å². The second-order valence-electron chi connectivity index (χ2n) is 3.68. The normalized spacial score (nSPS) is 10.2. The van der Waals surface area contributed by atoms with Gasteiger partial charge in [-0.05, 0) is 40.2 Å². The van der Waals surface area contributed by atoms with Gasteiger partial charge in [-0.25, -0.2) is 9.37 Å². The second kappa shape index (κ2) is 5.27. The van der Waals surface area contributed by atoms with Gasteiger partial charge in [0, 0.05) is 17.7 Å². The van der Waals surface area contributed by atoms with Crippen molar-refractivity contribution in [1.82, 2.24) is 4.98 Å². The van der Waals surface area contributed by atoms with E-state index >= 15 is 0 Å². The highest BCUT2D eigenvalue weighted by molar-refractivity contribution is 9.10. The molecule has 5 heteroatoms. The van der Waals surface area contributed by atoms with Crippen LogP contribution in [0, 0.1) is 5.82 Å². The van der Waals surface area contributed by atoms with Crippen LogP contribution in [-0.4, -0.2) is 17.9 Å². The number of aromatic nitrogens is 1. The summed E-state index contributed by atoms with van der Waals surface area (Å²) in [4.78, 5) is 17.5. The minimum Gasteiger partial charge on any atom is -0.296 e. The summed E-state index contributed by atoms with van der Waals surface area (Å²) < 4.78 is 14.3. The SMILES string of the molecule is CN(C(=O)c1ccccc1F)c1ccc(Br)cn1. The van der Waals surface area contributed by atoms with Gasteiger partial charge in [0.1, 0.15) is 11.6 Å². The topological polar surface area (TPSA) is 33.2 Å². The Labute approximate surface area is 112 Å². The molecule has 2 rings (SSSR count). The van der Waals surface area contributed by atoms with E-state index in [9.17, 15) is 9.18 Å². The largest absolute Gasteiger partial charge is 0.296 e. The molecule has 0 saturated carbocycles. The van der Waals surface area contributed by atoms with E-state index in [0.29, 0.717) is 5.82 Å². The fraction of sp³-hybridized carbons (Fsp3) is 0.0769. The fourth-order valence-electron chi connectivity index (χ4n) is 1.49. The van der Waals surface area contributed by atoms with Gasteiger partial charge in [-0.3, -0.25) is 9.69 Å². The first kappa shape index (κ1) is 12.7. The quantitative estimate of drug-likeness (QED) is 0.853. The molecule has 1 aromatic carbocycles. The number of anilines is 1. The third-order valence-electron chi connectivity index (χ3n) is 2.46. The van der Waals surface area contributed by atoms with E-state index in [2.05, 4.69) is 20.9 Å². The summed E-state index contributed by atoms with van der Waals surface area (Å²) in [6.45, 7) is 0. The Kier molecular flexibility index (Phi) is 3.72. The third kappa shape index (κ3) is 2.56. The van der Waals surface area contributed by atoms with Crippen molar-refractivity contribution in [2.75, 3.05) is 11.9 Å². The Morgan fingerprint density at radius 2 is 2.00 bits per heavy atom. The molecule has 1 heterocycles. The average molecular weight is 309 g/mol. The summed E-state index contributed by atoms with van der Waals surface area (Å²) in [5.41, 5.74) is 0.0321. The molecular weight excluding hydrogens is 299 g/mol. The predicted molar refractivity (Wildman–Crippen MR) is 71.1 cm³/mol.